The molecule has 124 valence electrons. The summed E-state index contributed by atoms with van der Waals surface area (Å²) in [4.78, 5) is 14.5. The van der Waals surface area contributed by atoms with Gasteiger partial charge in [-0.15, -0.1) is 0 Å². The van der Waals surface area contributed by atoms with Crippen molar-refractivity contribution in [2.45, 2.75) is 19.4 Å². The zero-order valence-electron chi connectivity index (χ0n) is 13.5. The Kier molecular flexibility index (Phi) is 3.96. The average Bonchev–Trinajstić information content (AvgIpc) is 3.22. The lowest BCUT2D eigenvalue weighted by Crippen LogP contribution is -2.26. The molecule has 0 aliphatic carbocycles. The smallest absolute Gasteiger partial charge is 0.253 e. The summed E-state index contributed by atoms with van der Waals surface area (Å²) in [7, 11) is 1.83. The molecule has 4 rings (SSSR count). The fourth-order valence-corrected chi connectivity index (χ4v) is 3.80. The van der Waals surface area contributed by atoms with Crippen LogP contribution >= 0.6 is 15.9 Å². The zero-order chi connectivity index (χ0) is 16.7. The van der Waals surface area contributed by atoms with E-state index in [0.29, 0.717) is 25.3 Å². The number of fused-ring (bicyclic) bond motifs is 2. The van der Waals surface area contributed by atoms with Crippen LogP contribution in [0.15, 0.2) is 34.8 Å². The molecule has 0 saturated carbocycles. The van der Waals surface area contributed by atoms with Gasteiger partial charge < -0.3 is 14.4 Å². The van der Waals surface area contributed by atoms with Crippen molar-refractivity contribution in [3.8, 4) is 11.5 Å². The van der Waals surface area contributed by atoms with E-state index in [0.717, 1.165) is 34.4 Å². The highest BCUT2D eigenvalue weighted by Gasteiger charge is 2.27. The number of hydrogen-bond acceptors (Lipinski definition) is 3. The van der Waals surface area contributed by atoms with Crippen molar-refractivity contribution in [1.82, 2.24) is 4.90 Å². The van der Waals surface area contributed by atoms with Crippen molar-refractivity contribution in [2.24, 2.45) is 0 Å². The number of carbonyl (C=O) groups excluding carboxylic acids is 1. The number of hydrogen-bond donors (Lipinski definition) is 0. The standard InChI is InChI=1S/C19H18BrNO3/c1-21(19(22)13-3-2-4-14(20)9-13)11-16-15-6-8-23-17(15)10-12-5-7-24-18(12)16/h2-4,9-10H,5-8,11H2,1H3. The Balaban J connectivity index is 1.65. The number of ether oxygens (including phenoxy) is 2. The highest BCUT2D eigenvalue weighted by atomic mass is 79.9. The van der Waals surface area contributed by atoms with Gasteiger partial charge >= 0.3 is 0 Å². The van der Waals surface area contributed by atoms with E-state index in [4.69, 9.17) is 9.47 Å². The molecule has 0 radical (unpaired) electrons. The van der Waals surface area contributed by atoms with Crippen LogP contribution in [-0.2, 0) is 19.4 Å². The third-order valence-corrected chi connectivity index (χ3v) is 5.07. The summed E-state index contributed by atoms with van der Waals surface area (Å²) in [6, 6.07) is 9.57. The summed E-state index contributed by atoms with van der Waals surface area (Å²) in [6.07, 6.45) is 1.78. The van der Waals surface area contributed by atoms with Crippen LogP contribution in [0.1, 0.15) is 27.0 Å². The van der Waals surface area contributed by atoms with Crippen LogP contribution in [0.3, 0.4) is 0 Å². The Morgan fingerprint density at radius 2 is 2.04 bits per heavy atom. The first-order valence-corrected chi connectivity index (χ1v) is 8.87. The van der Waals surface area contributed by atoms with E-state index in [-0.39, 0.29) is 5.91 Å². The normalized spacial score (nSPS) is 14.6. The molecule has 5 heteroatoms. The number of rotatable bonds is 3. The zero-order valence-corrected chi connectivity index (χ0v) is 15.1. The molecule has 0 spiro atoms. The van der Waals surface area contributed by atoms with Gasteiger partial charge in [-0.3, -0.25) is 4.79 Å². The Hall–Kier alpha value is -2.01. The van der Waals surface area contributed by atoms with E-state index in [1.165, 1.54) is 11.1 Å². The molecule has 4 nitrogen and oxygen atoms in total. The SMILES string of the molecule is CN(Cc1c2c(cc3c1OCC3)OCC2)C(=O)c1cccc(Br)c1. The molecule has 2 heterocycles. The van der Waals surface area contributed by atoms with Crippen LogP contribution in [0, 0.1) is 0 Å². The number of amides is 1. The van der Waals surface area contributed by atoms with Crippen molar-refractivity contribution in [3.05, 3.63) is 57.1 Å². The van der Waals surface area contributed by atoms with E-state index in [1.807, 2.05) is 31.3 Å². The van der Waals surface area contributed by atoms with Crippen LogP contribution in [-0.4, -0.2) is 31.1 Å². The molecule has 0 unspecified atom stereocenters. The van der Waals surface area contributed by atoms with Gasteiger partial charge in [0.25, 0.3) is 5.91 Å². The van der Waals surface area contributed by atoms with Crippen molar-refractivity contribution >= 4 is 21.8 Å². The van der Waals surface area contributed by atoms with Gasteiger partial charge in [-0.05, 0) is 24.3 Å². The number of benzene rings is 2. The van der Waals surface area contributed by atoms with Crippen LogP contribution in [0.4, 0.5) is 0 Å². The molecule has 2 aliphatic heterocycles. The third kappa shape index (κ3) is 2.67. The Morgan fingerprint density at radius 3 is 2.88 bits per heavy atom. The maximum absolute atomic E-state index is 12.7. The first-order valence-electron chi connectivity index (χ1n) is 8.08. The van der Waals surface area contributed by atoms with Gasteiger partial charge in [0.15, 0.2) is 0 Å². The lowest BCUT2D eigenvalue weighted by atomic mass is 9.99. The topological polar surface area (TPSA) is 38.8 Å². The lowest BCUT2D eigenvalue weighted by molar-refractivity contribution is 0.0784. The van der Waals surface area contributed by atoms with E-state index in [9.17, 15) is 4.79 Å². The maximum Gasteiger partial charge on any atom is 0.253 e. The highest BCUT2D eigenvalue weighted by Crippen LogP contribution is 2.41. The maximum atomic E-state index is 12.7. The van der Waals surface area contributed by atoms with E-state index in [2.05, 4.69) is 22.0 Å². The number of nitrogens with zero attached hydrogens (tertiary/aromatic N) is 1. The van der Waals surface area contributed by atoms with Gasteiger partial charge in [0.05, 0.1) is 13.2 Å². The van der Waals surface area contributed by atoms with Crippen LogP contribution in [0.2, 0.25) is 0 Å². The predicted molar refractivity (Wildman–Crippen MR) is 94.8 cm³/mol. The number of carbonyl (C=O) groups is 1. The van der Waals surface area contributed by atoms with Crippen molar-refractivity contribution in [2.75, 3.05) is 20.3 Å². The van der Waals surface area contributed by atoms with E-state index in [1.54, 1.807) is 4.90 Å². The fraction of sp³-hybridized carbons (Fsp3) is 0.316. The lowest BCUT2D eigenvalue weighted by Gasteiger charge is -2.21. The van der Waals surface area contributed by atoms with Gasteiger partial charge in [-0.25, -0.2) is 0 Å². The second kappa shape index (κ2) is 6.13. The molecule has 0 bridgehead atoms. The fourth-order valence-electron chi connectivity index (χ4n) is 3.40. The summed E-state index contributed by atoms with van der Waals surface area (Å²) >= 11 is 3.42. The summed E-state index contributed by atoms with van der Waals surface area (Å²) in [6.45, 7) is 1.93. The van der Waals surface area contributed by atoms with Gasteiger partial charge in [0.2, 0.25) is 0 Å². The molecular weight excluding hydrogens is 370 g/mol. The minimum atomic E-state index is -0.000402. The molecule has 0 fully saturated rings. The van der Waals surface area contributed by atoms with Crippen molar-refractivity contribution in [1.29, 1.82) is 0 Å². The summed E-state index contributed by atoms with van der Waals surface area (Å²) in [5.41, 5.74) is 4.15. The average molecular weight is 388 g/mol. The summed E-state index contributed by atoms with van der Waals surface area (Å²) < 4.78 is 12.5. The Bertz CT molecular complexity index is 786. The van der Waals surface area contributed by atoms with Crippen molar-refractivity contribution < 1.29 is 14.3 Å². The first kappa shape index (κ1) is 15.5. The first-order chi connectivity index (χ1) is 11.6. The third-order valence-electron chi connectivity index (χ3n) is 4.57. The molecule has 0 aromatic heterocycles. The van der Waals surface area contributed by atoms with Gasteiger partial charge in [-0.2, -0.15) is 0 Å². The molecule has 2 aliphatic rings. The van der Waals surface area contributed by atoms with Gasteiger partial charge in [0, 0.05) is 53.2 Å². The van der Waals surface area contributed by atoms with Crippen LogP contribution < -0.4 is 9.47 Å². The second-order valence-corrected chi connectivity index (χ2v) is 7.10. The molecular formula is C19H18BrNO3. The summed E-state index contributed by atoms with van der Waals surface area (Å²) in [5, 5.41) is 0. The van der Waals surface area contributed by atoms with Gasteiger partial charge in [0.1, 0.15) is 11.5 Å². The largest absolute Gasteiger partial charge is 0.493 e. The molecule has 24 heavy (non-hydrogen) atoms. The predicted octanol–water partition coefficient (Wildman–Crippen LogP) is 3.59. The molecule has 0 saturated heterocycles. The summed E-state index contributed by atoms with van der Waals surface area (Å²) in [5.74, 6) is 1.91. The minimum absolute atomic E-state index is 0.000402. The van der Waals surface area contributed by atoms with Gasteiger partial charge in [-0.1, -0.05) is 22.0 Å². The van der Waals surface area contributed by atoms with E-state index >= 15 is 0 Å². The Labute approximate surface area is 149 Å². The molecule has 0 atom stereocenters. The number of halogens is 1. The van der Waals surface area contributed by atoms with Crippen molar-refractivity contribution in [3.63, 3.8) is 0 Å². The quantitative estimate of drug-likeness (QED) is 0.807. The molecule has 0 N–H and O–H groups in total. The second-order valence-electron chi connectivity index (χ2n) is 6.19. The van der Waals surface area contributed by atoms with E-state index < -0.39 is 0 Å². The van der Waals surface area contributed by atoms with Crippen LogP contribution in [0.5, 0.6) is 11.5 Å². The molecule has 1 amide bonds. The minimum Gasteiger partial charge on any atom is -0.493 e. The molecule has 2 aromatic rings. The Morgan fingerprint density at radius 1 is 1.21 bits per heavy atom. The molecule has 2 aromatic carbocycles. The highest BCUT2D eigenvalue weighted by molar-refractivity contribution is 9.10. The van der Waals surface area contributed by atoms with Crippen LogP contribution in [0.25, 0.3) is 0 Å². The monoisotopic (exact) mass is 387 g/mol.